The second-order valence-corrected chi connectivity index (χ2v) is 6.18. The summed E-state index contributed by atoms with van der Waals surface area (Å²) in [7, 11) is 1.00. The van der Waals surface area contributed by atoms with E-state index in [1.54, 1.807) is 4.57 Å². The molecule has 0 saturated carbocycles. The molecule has 6 heteroatoms. The lowest BCUT2D eigenvalue weighted by Crippen LogP contribution is -2.28. The molecule has 0 atom stereocenters. The van der Waals surface area contributed by atoms with E-state index in [1.807, 2.05) is 48.5 Å². The number of hydrogen-bond donors (Lipinski definition) is 1. The topological polar surface area (TPSA) is 58.4 Å². The van der Waals surface area contributed by atoms with Crippen LogP contribution in [-0.4, -0.2) is 34.9 Å². The van der Waals surface area contributed by atoms with Gasteiger partial charge in [-0.1, -0.05) is 29.8 Å². The fourth-order valence-corrected chi connectivity index (χ4v) is 3.35. The molecule has 1 N–H and O–H groups in total. The van der Waals surface area contributed by atoms with Crippen LogP contribution in [0.4, 0.5) is 5.82 Å². The van der Waals surface area contributed by atoms with Gasteiger partial charge in [0, 0.05) is 30.6 Å². The maximum Gasteiger partial charge on any atom is 0.354 e. The number of nitrogens with zero attached hydrogens (tertiary/aromatic N) is 3. The number of halogens is 1. The third kappa shape index (κ3) is 3.38. The van der Waals surface area contributed by atoms with Crippen molar-refractivity contribution in [1.82, 2.24) is 9.55 Å². The zero-order valence-electron chi connectivity index (χ0n) is 14.0. The van der Waals surface area contributed by atoms with Gasteiger partial charge in [-0.15, -0.1) is 0 Å². The molecule has 1 aliphatic heterocycles. The number of para-hydroxylation sites is 1. The molecule has 4 rings (SSSR count). The van der Waals surface area contributed by atoms with Crippen LogP contribution in [0.25, 0.3) is 16.6 Å². The average molecular weight is 358 g/mol. The molecule has 1 fully saturated rings. The Hall–Kier alpha value is -2.37. The summed E-state index contributed by atoms with van der Waals surface area (Å²) >= 11 is 6.19. The van der Waals surface area contributed by atoms with Crippen molar-refractivity contribution in [3.8, 4) is 5.69 Å². The summed E-state index contributed by atoms with van der Waals surface area (Å²) in [5.41, 5.74) is 1.32. The minimum Gasteiger partial charge on any atom is -0.400 e. The third-order valence-electron chi connectivity index (χ3n) is 4.25. The number of fused-ring (bicyclic) bond motifs is 1. The zero-order valence-corrected chi connectivity index (χ0v) is 14.8. The van der Waals surface area contributed by atoms with Crippen LogP contribution >= 0.6 is 11.6 Å². The quantitative estimate of drug-likeness (QED) is 0.765. The van der Waals surface area contributed by atoms with E-state index in [-0.39, 0.29) is 5.69 Å². The van der Waals surface area contributed by atoms with E-state index in [1.165, 1.54) is 0 Å². The maximum atomic E-state index is 12.7. The number of anilines is 1. The van der Waals surface area contributed by atoms with Crippen molar-refractivity contribution in [1.29, 1.82) is 0 Å². The summed E-state index contributed by atoms with van der Waals surface area (Å²) in [6.07, 6.45) is 2.27. The highest BCUT2D eigenvalue weighted by atomic mass is 35.5. The Morgan fingerprint density at radius 2 is 1.72 bits per heavy atom. The van der Waals surface area contributed by atoms with Gasteiger partial charge in [-0.3, -0.25) is 4.57 Å². The molecule has 1 saturated heterocycles. The van der Waals surface area contributed by atoms with Gasteiger partial charge in [0.2, 0.25) is 0 Å². The summed E-state index contributed by atoms with van der Waals surface area (Å²) < 4.78 is 1.63. The van der Waals surface area contributed by atoms with Crippen LogP contribution in [0.2, 0.25) is 5.02 Å². The molecule has 0 bridgehead atoms. The Labute approximate surface area is 151 Å². The van der Waals surface area contributed by atoms with Crippen molar-refractivity contribution < 1.29 is 5.11 Å². The minimum atomic E-state index is -0.270. The summed E-state index contributed by atoms with van der Waals surface area (Å²) in [4.78, 5) is 19.3. The predicted molar refractivity (Wildman–Crippen MR) is 102 cm³/mol. The fraction of sp³-hybridized carbons (Fsp3) is 0.263. The number of aromatic nitrogens is 2. The first-order chi connectivity index (χ1) is 12.2. The molecule has 1 aliphatic rings. The lowest BCUT2D eigenvalue weighted by molar-refractivity contribution is 0.399. The lowest BCUT2D eigenvalue weighted by Gasteiger charge is -2.20. The van der Waals surface area contributed by atoms with Gasteiger partial charge in [0.1, 0.15) is 5.82 Å². The second kappa shape index (κ2) is 7.68. The molecule has 130 valence electrons. The second-order valence-electron chi connectivity index (χ2n) is 5.74. The molecule has 25 heavy (non-hydrogen) atoms. The van der Waals surface area contributed by atoms with Crippen molar-refractivity contribution in [3.05, 3.63) is 64.0 Å². The van der Waals surface area contributed by atoms with E-state index in [9.17, 15) is 4.79 Å². The molecular weight excluding hydrogens is 338 g/mol. The number of aliphatic hydroxyl groups excluding tert-OH is 1. The summed E-state index contributed by atoms with van der Waals surface area (Å²) in [5.74, 6) is 0.770. The summed E-state index contributed by atoms with van der Waals surface area (Å²) in [6, 6.07) is 15.2. The molecule has 1 aromatic heterocycles. The van der Waals surface area contributed by atoms with E-state index >= 15 is 0 Å². The largest absolute Gasteiger partial charge is 0.400 e. The maximum absolute atomic E-state index is 12.7. The first kappa shape index (κ1) is 17.5. The Morgan fingerprint density at radius 1 is 1.04 bits per heavy atom. The van der Waals surface area contributed by atoms with Crippen LogP contribution < -0.4 is 10.6 Å². The van der Waals surface area contributed by atoms with Gasteiger partial charge in [-0.25, -0.2) is 4.79 Å². The van der Waals surface area contributed by atoms with Gasteiger partial charge >= 0.3 is 5.69 Å². The third-order valence-corrected chi connectivity index (χ3v) is 4.49. The van der Waals surface area contributed by atoms with Crippen molar-refractivity contribution >= 4 is 28.3 Å². The molecule has 3 aromatic rings. The molecule has 0 radical (unpaired) electrons. The monoisotopic (exact) mass is 357 g/mol. The van der Waals surface area contributed by atoms with E-state index in [4.69, 9.17) is 16.7 Å². The Kier molecular flexibility index (Phi) is 5.36. The Balaban J connectivity index is 0.000000880. The first-order valence-corrected chi connectivity index (χ1v) is 8.59. The number of aliphatic hydroxyl groups is 1. The van der Waals surface area contributed by atoms with E-state index in [0.29, 0.717) is 5.02 Å². The summed E-state index contributed by atoms with van der Waals surface area (Å²) in [6.45, 7) is 1.89. The predicted octanol–water partition coefficient (Wildman–Crippen LogP) is 3.25. The van der Waals surface area contributed by atoms with Crippen LogP contribution in [0.5, 0.6) is 0 Å². The number of rotatable bonds is 2. The minimum absolute atomic E-state index is 0.270. The Bertz CT molecular complexity index is 919. The standard InChI is InChI=1S/C18H16ClN3O.CH4O/c19-13-8-9-15-16(12-13)22(14-6-2-1-3-7-14)18(23)20-17(15)21-10-4-5-11-21;1-2/h1-3,6-9,12H,4-5,10-11H2;2H,1H3. The van der Waals surface area contributed by atoms with Crippen LogP contribution in [-0.2, 0) is 0 Å². The normalized spacial score (nSPS) is 13.6. The lowest BCUT2D eigenvalue weighted by atomic mass is 10.2. The van der Waals surface area contributed by atoms with Crippen LogP contribution in [0.1, 0.15) is 12.8 Å². The number of benzene rings is 2. The van der Waals surface area contributed by atoms with E-state index < -0.39 is 0 Å². The van der Waals surface area contributed by atoms with Gasteiger partial charge < -0.3 is 10.0 Å². The first-order valence-electron chi connectivity index (χ1n) is 8.21. The molecule has 0 spiro atoms. The zero-order chi connectivity index (χ0) is 17.8. The molecule has 0 unspecified atom stereocenters. The average Bonchev–Trinajstić information content (AvgIpc) is 3.18. The van der Waals surface area contributed by atoms with Crippen LogP contribution in [0, 0.1) is 0 Å². The van der Waals surface area contributed by atoms with E-state index in [0.717, 1.165) is 55.4 Å². The molecule has 2 heterocycles. The van der Waals surface area contributed by atoms with Crippen molar-refractivity contribution in [2.75, 3.05) is 25.1 Å². The van der Waals surface area contributed by atoms with Crippen molar-refractivity contribution in [3.63, 3.8) is 0 Å². The highest BCUT2D eigenvalue weighted by Gasteiger charge is 2.19. The number of hydrogen-bond acceptors (Lipinski definition) is 4. The Morgan fingerprint density at radius 3 is 2.40 bits per heavy atom. The van der Waals surface area contributed by atoms with Gasteiger partial charge in [0.25, 0.3) is 0 Å². The van der Waals surface area contributed by atoms with Crippen molar-refractivity contribution in [2.45, 2.75) is 12.8 Å². The molecule has 0 amide bonds. The van der Waals surface area contributed by atoms with Gasteiger partial charge in [0.05, 0.1) is 11.2 Å². The molecule has 0 aliphatic carbocycles. The highest BCUT2D eigenvalue weighted by Crippen LogP contribution is 2.29. The van der Waals surface area contributed by atoms with Crippen LogP contribution in [0.3, 0.4) is 0 Å². The SMILES string of the molecule is CO.O=c1nc(N2CCCC2)c2ccc(Cl)cc2n1-c1ccccc1. The summed E-state index contributed by atoms with van der Waals surface area (Å²) in [5, 5.41) is 8.57. The van der Waals surface area contributed by atoms with E-state index in [2.05, 4.69) is 9.88 Å². The van der Waals surface area contributed by atoms with Gasteiger partial charge in [0.15, 0.2) is 0 Å². The fourth-order valence-electron chi connectivity index (χ4n) is 3.18. The van der Waals surface area contributed by atoms with Crippen molar-refractivity contribution in [2.24, 2.45) is 0 Å². The molecule has 5 nitrogen and oxygen atoms in total. The molecule has 2 aromatic carbocycles. The highest BCUT2D eigenvalue weighted by molar-refractivity contribution is 6.31. The smallest absolute Gasteiger partial charge is 0.354 e. The van der Waals surface area contributed by atoms with Gasteiger partial charge in [-0.05, 0) is 43.2 Å². The van der Waals surface area contributed by atoms with Gasteiger partial charge in [-0.2, -0.15) is 4.98 Å². The molecular formula is C19H20ClN3O2. The van der Waals surface area contributed by atoms with Crippen LogP contribution in [0.15, 0.2) is 53.3 Å².